The van der Waals surface area contributed by atoms with Crippen LogP contribution in [0, 0.1) is 11.3 Å². The Morgan fingerprint density at radius 2 is 1.88 bits per heavy atom. The zero-order valence-corrected chi connectivity index (χ0v) is 15.6. The summed E-state index contributed by atoms with van der Waals surface area (Å²) in [6, 6.07) is 11.7. The van der Waals surface area contributed by atoms with Crippen LogP contribution in [0.4, 0.5) is 0 Å². The normalized spacial score (nSPS) is 19.4. The molecule has 2 aliphatic rings. The minimum atomic E-state index is -0.542. The van der Waals surface area contributed by atoms with E-state index >= 15 is 0 Å². The SMILES string of the molecule is CC.CN1CCC(c2cccc3c2OC(c2ccc(C#N)cn2)O3)CC1. The Kier molecular flexibility index (Phi) is 5.75. The molecule has 0 bridgehead atoms. The van der Waals surface area contributed by atoms with Gasteiger partial charge in [0.05, 0.1) is 5.56 Å². The molecule has 26 heavy (non-hydrogen) atoms. The molecular formula is C21H25N3O2. The van der Waals surface area contributed by atoms with Crippen molar-refractivity contribution >= 4 is 0 Å². The van der Waals surface area contributed by atoms with E-state index in [1.807, 2.05) is 26.0 Å². The Balaban J connectivity index is 0.000000948. The Labute approximate surface area is 155 Å². The number of fused-ring (bicyclic) bond motifs is 1. The second-order valence-electron chi connectivity index (χ2n) is 6.40. The lowest BCUT2D eigenvalue weighted by Gasteiger charge is -2.29. The Morgan fingerprint density at radius 3 is 2.54 bits per heavy atom. The summed E-state index contributed by atoms with van der Waals surface area (Å²) in [7, 11) is 2.16. The van der Waals surface area contributed by atoms with Gasteiger partial charge in [0.15, 0.2) is 11.5 Å². The number of hydrogen-bond acceptors (Lipinski definition) is 5. The third-order valence-electron chi connectivity index (χ3n) is 4.78. The molecular weight excluding hydrogens is 326 g/mol. The van der Waals surface area contributed by atoms with Crippen LogP contribution < -0.4 is 9.47 Å². The minimum Gasteiger partial charge on any atom is -0.445 e. The predicted octanol–water partition coefficient (Wildman–Crippen LogP) is 4.26. The third-order valence-corrected chi connectivity index (χ3v) is 4.78. The number of aromatic nitrogens is 1. The average Bonchev–Trinajstić information content (AvgIpc) is 3.15. The van der Waals surface area contributed by atoms with Crippen LogP contribution in [0.15, 0.2) is 36.5 Å². The van der Waals surface area contributed by atoms with Crippen LogP contribution in [0.25, 0.3) is 0 Å². The van der Waals surface area contributed by atoms with Gasteiger partial charge in [-0.2, -0.15) is 5.26 Å². The number of benzene rings is 1. The summed E-state index contributed by atoms with van der Waals surface area (Å²) in [5.74, 6) is 2.14. The second-order valence-corrected chi connectivity index (χ2v) is 6.40. The van der Waals surface area contributed by atoms with Crippen molar-refractivity contribution in [1.29, 1.82) is 5.26 Å². The molecule has 5 heteroatoms. The van der Waals surface area contributed by atoms with Gasteiger partial charge in [-0.1, -0.05) is 26.0 Å². The first-order valence-electron chi connectivity index (χ1n) is 9.25. The standard InChI is InChI=1S/C19H19N3O2.C2H6/c1-22-9-7-14(8-10-22)15-3-2-4-17-18(15)24-19(23-17)16-6-5-13(11-20)12-21-16;1-2/h2-6,12,14,19H,7-10H2,1H3;1-2H3. The van der Waals surface area contributed by atoms with Gasteiger partial charge in [-0.3, -0.25) is 4.98 Å². The number of nitrogens with zero attached hydrogens (tertiary/aromatic N) is 3. The lowest BCUT2D eigenvalue weighted by atomic mass is 9.89. The van der Waals surface area contributed by atoms with E-state index in [1.54, 1.807) is 18.3 Å². The maximum Gasteiger partial charge on any atom is 0.284 e. The number of likely N-dealkylation sites (tertiary alicyclic amines) is 1. The highest BCUT2D eigenvalue weighted by Crippen LogP contribution is 2.46. The summed E-state index contributed by atoms with van der Waals surface area (Å²) < 4.78 is 12.0. The molecule has 1 aromatic heterocycles. The zero-order chi connectivity index (χ0) is 18.5. The Morgan fingerprint density at radius 1 is 1.12 bits per heavy atom. The molecule has 0 spiro atoms. The van der Waals surface area contributed by atoms with Crippen LogP contribution in [0.2, 0.25) is 0 Å². The van der Waals surface area contributed by atoms with Crippen molar-refractivity contribution in [2.75, 3.05) is 20.1 Å². The van der Waals surface area contributed by atoms with E-state index in [9.17, 15) is 0 Å². The molecule has 1 unspecified atom stereocenters. The van der Waals surface area contributed by atoms with Gasteiger partial charge >= 0.3 is 0 Å². The summed E-state index contributed by atoms with van der Waals surface area (Å²) in [5, 5.41) is 8.88. The molecule has 1 fully saturated rings. The van der Waals surface area contributed by atoms with Gasteiger partial charge in [0, 0.05) is 11.8 Å². The number of ether oxygens (including phenoxy) is 2. The largest absolute Gasteiger partial charge is 0.445 e. The number of hydrogen-bond donors (Lipinski definition) is 0. The van der Waals surface area contributed by atoms with Gasteiger partial charge in [-0.25, -0.2) is 0 Å². The molecule has 0 N–H and O–H groups in total. The van der Waals surface area contributed by atoms with E-state index in [4.69, 9.17) is 14.7 Å². The molecule has 0 aliphatic carbocycles. The first-order chi connectivity index (χ1) is 12.7. The predicted molar refractivity (Wildman–Crippen MR) is 100 cm³/mol. The van der Waals surface area contributed by atoms with Crippen molar-refractivity contribution in [3.63, 3.8) is 0 Å². The fourth-order valence-corrected chi connectivity index (χ4v) is 3.37. The van der Waals surface area contributed by atoms with Crippen molar-refractivity contribution in [2.45, 2.75) is 38.9 Å². The monoisotopic (exact) mass is 351 g/mol. The van der Waals surface area contributed by atoms with Crippen LogP contribution in [0.1, 0.15) is 55.7 Å². The maximum atomic E-state index is 8.88. The van der Waals surface area contributed by atoms with Crippen molar-refractivity contribution in [3.05, 3.63) is 53.3 Å². The van der Waals surface area contributed by atoms with Gasteiger partial charge in [-0.05, 0) is 57.1 Å². The Bertz CT molecular complexity index is 775. The van der Waals surface area contributed by atoms with Crippen LogP contribution in [0.3, 0.4) is 0 Å². The van der Waals surface area contributed by atoms with E-state index in [1.165, 1.54) is 5.56 Å². The summed E-state index contributed by atoms with van der Waals surface area (Å²) in [6.45, 7) is 6.21. The van der Waals surface area contributed by atoms with Crippen molar-refractivity contribution < 1.29 is 9.47 Å². The van der Waals surface area contributed by atoms with Crippen molar-refractivity contribution in [2.24, 2.45) is 0 Å². The van der Waals surface area contributed by atoms with Crippen LogP contribution in [-0.2, 0) is 0 Å². The van der Waals surface area contributed by atoms with Crippen LogP contribution in [-0.4, -0.2) is 30.0 Å². The molecule has 0 radical (unpaired) electrons. The summed E-state index contributed by atoms with van der Waals surface area (Å²) in [5.41, 5.74) is 2.44. The van der Waals surface area contributed by atoms with E-state index in [-0.39, 0.29) is 0 Å². The molecule has 4 rings (SSSR count). The number of rotatable bonds is 2. The zero-order valence-electron chi connectivity index (χ0n) is 15.6. The van der Waals surface area contributed by atoms with Crippen LogP contribution >= 0.6 is 0 Å². The quantitative estimate of drug-likeness (QED) is 0.809. The highest BCUT2D eigenvalue weighted by atomic mass is 16.7. The fraction of sp³-hybridized carbons (Fsp3) is 0.429. The van der Waals surface area contributed by atoms with Gasteiger partial charge in [0.25, 0.3) is 6.29 Å². The number of pyridine rings is 1. The van der Waals surface area contributed by atoms with Gasteiger partial charge in [0.1, 0.15) is 11.8 Å². The molecule has 136 valence electrons. The molecule has 0 saturated carbocycles. The minimum absolute atomic E-state index is 0.507. The molecule has 2 aliphatic heterocycles. The number of nitriles is 1. The van der Waals surface area contributed by atoms with Gasteiger partial charge < -0.3 is 14.4 Å². The average molecular weight is 351 g/mol. The lowest BCUT2D eigenvalue weighted by molar-refractivity contribution is 0.0439. The highest BCUT2D eigenvalue weighted by Gasteiger charge is 2.32. The summed E-state index contributed by atoms with van der Waals surface area (Å²) >= 11 is 0. The van der Waals surface area contributed by atoms with Gasteiger partial charge in [0.2, 0.25) is 0 Å². The number of piperidine rings is 1. The first-order valence-corrected chi connectivity index (χ1v) is 9.25. The van der Waals surface area contributed by atoms with E-state index in [2.05, 4.69) is 29.1 Å². The first kappa shape index (κ1) is 18.2. The molecule has 1 atom stereocenters. The molecule has 1 aromatic carbocycles. The summed E-state index contributed by atoms with van der Waals surface area (Å²) in [4.78, 5) is 6.65. The molecule has 3 heterocycles. The third kappa shape index (κ3) is 3.66. The van der Waals surface area contributed by atoms with E-state index in [0.29, 0.717) is 17.2 Å². The van der Waals surface area contributed by atoms with Crippen molar-refractivity contribution in [3.8, 4) is 17.6 Å². The molecule has 1 saturated heterocycles. The van der Waals surface area contributed by atoms with E-state index < -0.39 is 6.29 Å². The molecule has 5 nitrogen and oxygen atoms in total. The number of para-hydroxylation sites is 1. The van der Waals surface area contributed by atoms with Gasteiger partial charge in [-0.15, -0.1) is 0 Å². The Hall–Kier alpha value is -2.58. The smallest absolute Gasteiger partial charge is 0.284 e. The van der Waals surface area contributed by atoms with Crippen molar-refractivity contribution in [1.82, 2.24) is 9.88 Å². The second kappa shape index (κ2) is 8.20. The molecule has 2 aromatic rings. The topological polar surface area (TPSA) is 58.4 Å². The fourth-order valence-electron chi connectivity index (χ4n) is 3.37. The van der Waals surface area contributed by atoms with Crippen LogP contribution in [0.5, 0.6) is 11.5 Å². The molecule has 0 amide bonds. The van der Waals surface area contributed by atoms with E-state index in [0.717, 1.165) is 37.4 Å². The lowest BCUT2D eigenvalue weighted by Crippen LogP contribution is -2.29. The highest BCUT2D eigenvalue weighted by molar-refractivity contribution is 5.50. The summed E-state index contributed by atoms with van der Waals surface area (Å²) in [6.07, 6.45) is 3.27. The maximum absolute atomic E-state index is 8.88.